The Kier molecular flexibility index (Phi) is 5.42. The van der Waals surface area contributed by atoms with Crippen molar-refractivity contribution in [2.24, 2.45) is 5.10 Å². The monoisotopic (exact) mass is 474 g/mol. The molecule has 7 nitrogen and oxygen atoms in total. The van der Waals surface area contributed by atoms with Crippen molar-refractivity contribution in [1.82, 2.24) is 15.2 Å². The Bertz CT molecular complexity index is 1610. The SMILES string of the molecule is Cc1ccc(-n2nc(C(=O)N/N=C\c3ccc4c(c3)OCO4)cc2-c2cccc3ccccc23)cc1. The van der Waals surface area contributed by atoms with Crippen molar-refractivity contribution in [2.45, 2.75) is 6.92 Å². The Balaban J connectivity index is 1.34. The van der Waals surface area contributed by atoms with Crippen LogP contribution in [-0.2, 0) is 0 Å². The molecule has 0 atom stereocenters. The van der Waals surface area contributed by atoms with Crippen molar-refractivity contribution in [2.75, 3.05) is 6.79 Å². The standard InChI is InChI=1S/C29H22N4O3/c1-19-9-12-22(13-10-19)33-26(24-8-4-6-21-5-2-3-7-23(21)24)16-25(32-33)29(34)31-30-17-20-11-14-27-28(15-20)36-18-35-27/h2-17H,18H2,1H3,(H,31,34)/b30-17-. The molecule has 0 bridgehead atoms. The number of nitrogens with zero attached hydrogens (tertiary/aromatic N) is 3. The van der Waals surface area contributed by atoms with Gasteiger partial charge in [0, 0.05) is 5.56 Å². The number of ether oxygens (including phenoxy) is 2. The maximum Gasteiger partial charge on any atom is 0.291 e. The van der Waals surface area contributed by atoms with Gasteiger partial charge in [0.05, 0.1) is 17.6 Å². The predicted molar refractivity (Wildman–Crippen MR) is 139 cm³/mol. The molecule has 0 fully saturated rings. The number of hydrogen-bond acceptors (Lipinski definition) is 5. The number of nitrogens with one attached hydrogen (secondary N) is 1. The number of carbonyl (C=O) groups is 1. The lowest BCUT2D eigenvalue weighted by Gasteiger charge is -2.10. The van der Waals surface area contributed by atoms with Crippen LogP contribution >= 0.6 is 0 Å². The number of aromatic nitrogens is 2. The number of carbonyl (C=O) groups excluding carboxylic acids is 1. The summed E-state index contributed by atoms with van der Waals surface area (Å²) in [5.41, 5.74) is 7.46. The van der Waals surface area contributed by atoms with E-state index in [1.54, 1.807) is 17.0 Å². The van der Waals surface area contributed by atoms with Crippen LogP contribution < -0.4 is 14.9 Å². The second-order valence-electron chi connectivity index (χ2n) is 8.50. The van der Waals surface area contributed by atoms with Gasteiger partial charge in [0.1, 0.15) is 0 Å². The van der Waals surface area contributed by atoms with E-state index in [9.17, 15) is 4.79 Å². The fourth-order valence-electron chi connectivity index (χ4n) is 4.23. The van der Waals surface area contributed by atoms with E-state index in [0.717, 1.165) is 38.8 Å². The van der Waals surface area contributed by atoms with Crippen molar-refractivity contribution in [1.29, 1.82) is 0 Å². The highest BCUT2D eigenvalue weighted by Gasteiger charge is 2.18. The van der Waals surface area contributed by atoms with Gasteiger partial charge in [0.2, 0.25) is 6.79 Å². The van der Waals surface area contributed by atoms with Crippen LogP contribution in [0.5, 0.6) is 11.5 Å². The van der Waals surface area contributed by atoms with Crippen LogP contribution in [0.4, 0.5) is 0 Å². The number of rotatable bonds is 5. The van der Waals surface area contributed by atoms with E-state index >= 15 is 0 Å². The minimum absolute atomic E-state index is 0.204. The van der Waals surface area contributed by atoms with Gasteiger partial charge in [-0.05, 0) is 59.7 Å². The molecule has 0 aliphatic carbocycles. The fraction of sp³-hybridized carbons (Fsp3) is 0.0690. The molecule has 0 unspecified atom stereocenters. The minimum Gasteiger partial charge on any atom is -0.454 e. The number of benzene rings is 4. The zero-order valence-electron chi connectivity index (χ0n) is 19.5. The first kappa shape index (κ1) is 21.6. The van der Waals surface area contributed by atoms with Gasteiger partial charge in [0.25, 0.3) is 5.91 Å². The third-order valence-electron chi connectivity index (χ3n) is 6.06. The summed E-state index contributed by atoms with van der Waals surface area (Å²) in [6.07, 6.45) is 1.56. The van der Waals surface area contributed by atoms with Crippen LogP contribution in [-0.4, -0.2) is 28.7 Å². The molecule has 4 aromatic carbocycles. The average Bonchev–Trinajstić information content (AvgIpc) is 3.56. The van der Waals surface area contributed by atoms with E-state index < -0.39 is 5.91 Å². The second-order valence-corrected chi connectivity index (χ2v) is 8.50. The molecule has 2 heterocycles. The van der Waals surface area contributed by atoms with E-state index in [1.165, 1.54) is 0 Å². The third kappa shape index (κ3) is 4.07. The summed E-state index contributed by atoms with van der Waals surface area (Å²) < 4.78 is 12.5. The molecule has 0 radical (unpaired) electrons. The number of aryl methyl sites for hydroxylation is 1. The molecule has 176 valence electrons. The molecule has 0 spiro atoms. The van der Waals surface area contributed by atoms with E-state index in [0.29, 0.717) is 11.5 Å². The van der Waals surface area contributed by atoms with Crippen LogP contribution in [0.1, 0.15) is 21.6 Å². The van der Waals surface area contributed by atoms with Crippen LogP contribution in [0, 0.1) is 6.92 Å². The average molecular weight is 475 g/mol. The first-order chi connectivity index (χ1) is 17.7. The first-order valence-corrected chi connectivity index (χ1v) is 11.5. The molecule has 7 heteroatoms. The minimum atomic E-state index is -0.403. The van der Waals surface area contributed by atoms with E-state index in [2.05, 4.69) is 33.8 Å². The number of hydrogen-bond donors (Lipinski definition) is 1. The summed E-state index contributed by atoms with van der Waals surface area (Å²) in [7, 11) is 0. The lowest BCUT2D eigenvalue weighted by molar-refractivity contribution is 0.0949. The summed E-state index contributed by atoms with van der Waals surface area (Å²) in [5, 5.41) is 11.0. The van der Waals surface area contributed by atoms with Gasteiger partial charge >= 0.3 is 0 Å². The summed E-state index contributed by atoms with van der Waals surface area (Å²) >= 11 is 0. The molecule has 36 heavy (non-hydrogen) atoms. The molecule has 1 amide bonds. The first-order valence-electron chi connectivity index (χ1n) is 11.5. The van der Waals surface area contributed by atoms with Crippen molar-refractivity contribution < 1.29 is 14.3 Å². The highest BCUT2D eigenvalue weighted by atomic mass is 16.7. The van der Waals surface area contributed by atoms with E-state index in [4.69, 9.17) is 9.47 Å². The van der Waals surface area contributed by atoms with Gasteiger partial charge < -0.3 is 9.47 Å². The van der Waals surface area contributed by atoms with E-state index in [-0.39, 0.29) is 12.5 Å². The van der Waals surface area contributed by atoms with Gasteiger partial charge in [-0.3, -0.25) is 4.79 Å². The maximum atomic E-state index is 13.0. The highest BCUT2D eigenvalue weighted by molar-refractivity contribution is 5.99. The lowest BCUT2D eigenvalue weighted by Crippen LogP contribution is -2.18. The van der Waals surface area contributed by atoms with Gasteiger partial charge in [-0.2, -0.15) is 10.2 Å². The van der Waals surface area contributed by atoms with Gasteiger partial charge in [-0.1, -0.05) is 60.2 Å². The van der Waals surface area contributed by atoms with Crippen LogP contribution in [0.15, 0.2) is 96.1 Å². The van der Waals surface area contributed by atoms with Gasteiger partial charge in [0.15, 0.2) is 17.2 Å². The van der Waals surface area contributed by atoms with Gasteiger partial charge in [-0.25, -0.2) is 10.1 Å². The zero-order valence-corrected chi connectivity index (χ0v) is 19.5. The summed E-state index contributed by atoms with van der Waals surface area (Å²) in [6.45, 7) is 2.24. The molecule has 1 aliphatic rings. The number of fused-ring (bicyclic) bond motifs is 2. The van der Waals surface area contributed by atoms with Crippen LogP contribution in [0.3, 0.4) is 0 Å². The van der Waals surface area contributed by atoms with Crippen molar-refractivity contribution in [3.05, 3.63) is 108 Å². The Morgan fingerprint density at radius 3 is 2.64 bits per heavy atom. The largest absolute Gasteiger partial charge is 0.454 e. The molecular formula is C29H22N4O3. The molecule has 1 aromatic heterocycles. The zero-order chi connectivity index (χ0) is 24.5. The summed E-state index contributed by atoms with van der Waals surface area (Å²) in [5.74, 6) is 0.944. The second kappa shape index (κ2) is 9.03. The quantitative estimate of drug-likeness (QED) is 0.270. The molecule has 0 saturated heterocycles. The maximum absolute atomic E-state index is 13.0. The normalized spacial score (nSPS) is 12.4. The fourth-order valence-corrected chi connectivity index (χ4v) is 4.23. The smallest absolute Gasteiger partial charge is 0.291 e. The molecule has 6 rings (SSSR count). The van der Waals surface area contributed by atoms with E-state index in [1.807, 2.05) is 73.7 Å². The van der Waals surface area contributed by atoms with Crippen LogP contribution in [0.25, 0.3) is 27.7 Å². The van der Waals surface area contributed by atoms with Crippen LogP contribution in [0.2, 0.25) is 0 Å². The lowest BCUT2D eigenvalue weighted by atomic mass is 10.0. The highest BCUT2D eigenvalue weighted by Crippen LogP contribution is 2.32. The van der Waals surface area contributed by atoms with Crippen molar-refractivity contribution in [3.63, 3.8) is 0 Å². The molecule has 1 N–H and O–H groups in total. The van der Waals surface area contributed by atoms with Crippen molar-refractivity contribution >= 4 is 22.9 Å². The third-order valence-corrected chi connectivity index (χ3v) is 6.06. The summed E-state index contributed by atoms with van der Waals surface area (Å²) in [6, 6.07) is 29.6. The molecule has 1 aliphatic heterocycles. The molecule has 0 saturated carbocycles. The topological polar surface area (TPSA) is 77.7 Å². The Hall–Kier alpha value is -4.91. The Morgan fingerprint density at radius 1 is 0.944 bits per heavy atom. The Labute approximate surface area is 207 Å². The van der Waals surface area contributed by atoms with Crippen molar-refractivity contribution in [3.8, 4) is 28.4 Å². The summed E-state index contributed by atoms with van der Waals surface area (Å²) in [4.78, 5) is 13.0. The Morgan fingerprint density at radius 2 is 1.75 bits per heavy atom. The number of hydrazone groups is 1. The molecular weight excluding hydrogens is 452 g/mol. The van der Waals surface area contributed by atoms with Gasteiger partial charge in [-0.15, -0.1) is 0 Å². The predicted octanol–water partition coefficient (Wildman–Crippen LogP) is 5.49. The molecule has 5 aromatic rings. The number of amides is 1.